The third-order valence-corrected chi connectivity index (χ3v) is 8.87. The number of ether oxygens (including phenoxy) is 2. The monoisotopic (exact) mass is 651 g/mol. The Morgan fingerprint density at radius 1 is 0.978 bits per heavy atom. The van der Waals surface area contributed by atoms with Gasteiger partial charge in [0.2, 0.25) is 5.91 Å². The van der Waals surface area contributed by atoms with E-state index in [1.54, 1.807) is 17.3 Å². The standard InChI is InChI=1S/C35H45N3O7S/c1-7-23(4)18-30(40)38(6)28(22(2)3)19-29(45-24(5)39)35-36-27(21-46-35)34(43)37-32(25-14-10-8-11-15-25)33(44-20-31(41)42)26-16-12-9-13-17-26/h8-17,21-23,28-29,32-33H,7,18-20H2,1-6H3,(H,37,43)(H,41,42)/t23-,28+,29+,32?,33-/m0/s1. The van der Waals surface area contributed by atoms with E-state index in [-0.39, 0.29) is 29.5 Å². The molecule has 11 heteroatoms. The molecular weight excluding hydrogens is 606 g/mol. The van der Waals surface area contributed by atoms with Gasteiger partial charge in [-0.2, -0.15) is 0 Å². The number of benzene rings is 2. The van der Waals surface area contributed by atoms with Gasteiger partial charge >= 0.3 is 11.9 Å². The van der Waals surface area contributed by atoms with Crippen LogP contribution in [0.15, 0.2) is 66.0 Å². The average molecular weight is 652 g/mol. The normalized spacial score (nSPS) is 14.5. The number of thiazole rings is 1. The first-order valence-corrected chi connectivity index (χ1v) is 16.4. The summed E-state index contributed by atoms with van der Waals surface area (Å²) in [4.78, 5) is 56.7. The van der Waals surface area contributed by atoms with Crippen LogP contribution in [-0.4, -0.2) is 58.4 Å². The Bertz CT molecular complexity index is 1430. The van der Waals surface area contributed by atoms with E-state index in [1.807, 2.05) is 81.4 Å². The van der Waals surface area contributed by atoms with Crippen molar-refractivity contribution in [2.24, 2.45) is 11.8 Å². The maximum atomic E-state index is 13.7. The molecule has 1 heterocycles. The van der Waals surface area contributed by atoms with Gasteiger partial charge in [0.05, 0.1) is 6.04 Å². The first kappa shape index (κ1) is 36.4. The van der Waals surface area contributed by atoms with Gasteiger partial charge in [-0.3, -0.25) is 14.4 Å². The van der Waals surface area contributed by atoms with Gasteiger partial charge in [0, 0.05) is 38.2 Å². The lowest BCUT2D eigenvalue weighted by Gasteiger charge is -2.34. The molecule has 0 fully saturated rings. The lowest BCUT2D eigenvalue weighted by atomic mass is 9.95. The van der Waals surface area contributed by atoms with E-state index in [2.05, 4.69) is 17.2 Å². The summed E-state index contributed by atoms with van der Waals surface area (Å²) in [5.74, 6) is -1.78. The zero-order chi connectivity index (χ0) is 33.8. The molecule has 46 heavy (non-hydrogen) atoms. The third-order valence-electron chi connectivity index (χ3n) is 7.94. The van der Waals surface area contributed by atoms with Gasteiger partial charge in [-0.25, -0.2) is 9.78 Å². The van der Waals surface area contributed by atoms with E-state index in [1.165, 1.54) is 18.3 Å². The summed E-state index contributed by atoms with van der Waals surface area (Å²) in [6, 6.07) is 17.3. The Morgan fingerprint density at radius 2 is 1.59 bits per heavy atom. The van der Waals surface area contributed by atoms with Crippen molar-refractivity contribution in [3.8, 4) is 0 Å². The highest BCUT2D eigenvalue weighted by atomic mass is 32.1. The molecule has 0 radical (unpaired) electrons. The summed E-state index contributed by atoms with van der Waals surface area (Å²) in [5.41, 5.74) is 1.53. The second-order valence-electron chi connectivity index (χ2n) is 11.8. The minimum absolute atomic E-state index is 0.0267. The van der Waals surface area contributed by atoms with Gasteiger partial charge in [0.15, 0.2) is 6.10 Å². The number of carboxylic acids is 1. The molecule has 0 spiro atoms. The van der Waals surface area contributed by atoms with Gasteiger partial charge < -0.3 is 24.8 Å². The quantitative estimate of drug-likeness (QED) is 0.161. The largest absolute Gasteiger partial charge is 0.480 e. The summed E-state index contributed by atoms with van der Waals surface area (Å²) >= 11 is 1.20. The van der Waals surface area contributed by atoms with Crippen LogP contribution >= 0.6 is 11.3 Å². The molecule has 0 aliphatic rings. The number of nitrogens with zero attached hydrogens (tertiary/aromatic N) is 2. The predicted molar refractivity (Wildman–Crippen MR) is 176 cm³/mol. The molecule has 5 atom stereocenters. The summed E-state index contributed by atoms with van der Waals surface area (Å²) in [5, 5.41) is 14.4. The molecule has 3 rings (SSSR count). The molecular formula is C35H45N3O7S. The number of carbonyl (C=O) groups is 4. The van der Waals surface area contributed by atoms with Crippen molar-refractivity contribution in [1.29, 1.82) is 0 Å². The Morgan fingerprint density at radius 3 is 2.13 bits per heavy atom. The maximum Gasteiger partial charge on any atom is 0.329 e. The van der Waals surface area contributed by atoms with E-state index in [9.17, 15) is 24.3 Å². The Hall–Kier alpha value is -4.09. The fourth-order valence-electron chi connectivity index (χ4n) is 5.21. The van der Waals surface area contributed by atoms with Crippen molar-refractivity contribution in [3.05, 3.63) is 87.9 Å². The summed E-state index contributed by atoms with van der Waals surface area (Å²) < 4.78 is 11.6. The number of carboxylic acid groups (broad SMARTS) is 1. The van der Waals surface area contributed by atoms with Crippen molar-refractivity contribution < 1.29 is 33.8 Å². The predicted octanol–water partition coefficient (Wildman–Crippen LogP) is 6.37. The number of nitrogens with one attached hydrogen (secondary N) is 1. The molecule has 0 saturated heterocycles. The molecule has 0 aliphatic heterocycles. The van der Waals surface area contributed by atoms with Gasteiger partial charge in [0.1, 0.15) is 23.4 Å². The number of hydrogen-bond acceptors (Lipinski definition) is 8. The van der Waals surface area contributed by atoms with Crippen molar-refractivity contribution >= 4 is 35.1 Å². The van der Waals surface area contributed by atoms with Crippen LogP contribution in [0.1, 0.15) is 98.8 Å². The molecule has 3 aromatic rings. The van der Waals surface area contributed by atoms with Gasteiger partial charge in [-0.05, 0) is 23.0 Å². The van der Waals surface area contributed by atoms with Crippen molar-refractivity contribution in [2.45, 2.75) is 78.2 Å². The molecule has 1 unspecified atom stereocenters. The van der Waals surface area contributed by atoms with Crippen molar-refractivity contribution in [1.82, 2.24) is 15.2 Å². The van der Waals surface area contributed by atoms with E-state index in [0.717, 1.165) is 6.42 Å². The van der Waals surface area contributed by atoms with Crippen LogP contribution in [0.3, 0.4) is 0 Å². The Labute approximate surface area is 275 Å². The number of esters is 1. The molecule has 2 N–H and O–H groups in total. The van der Waals surface area contributed by atoms with Crippen LogP contribution in [0.5, 0.6) is 0 Å². The van der Waals surface area contributed by atoms with Crippen molar-refractivity contribution in [2.75, 3.05) is 13.7 Å². The second kappa shape index (κ2) is 17.6. The average Bonchev–Trinajstić information content (AvgIpc) is 3.53. The van der Waals surface area contributed by atoms with Crippen LogP contribution in [0.25, 0.3) is 0 Å². The summed E-state index contributed by atoms with van der Waals surface area (Å²) in [6.07, 6.45) is 0.0653. The lowest BCUT2D eigenvalue weighted by molar-refractivity contribution is -0.148. The van der Waals surface area contributed by atoms with Crippen LogP contribution in [0.4, 0.5) is 0 Å². The molecule has 0 saturated carbocycles. The van der Waals surface area contributed by atoms with Crippen LogP contribution < -0.4 is 5.32 Å². The fraction of sp³-hybridized carbons (Fsp3) is 0.457. The van der Waals surface area contributed by atoms with Crippen LogP contribution in [0, 0.1) is 11.8 Å². The zero-order valence-electron chi connectivity index (χ0n) is 27.3. The fourth-order valence-corrected chi connectivity index (χ4v) is 6.05. The van der Waals surface area contributed by atoms with E-state index < -0.39 is 42.7 Å². The number of hydrogen-bond donors (Lipinski definition) is 2. The molecule has 0 aliphatic carbocycles. The van der Waals surface area contributed by atoms with E-state index in [4.69, 9.17) is 9.47 Å². The number of aliphatic carboxylic acids is 1. The lowest BCUT2D eigenvalue weighted by Crippen LogP contribution is -2.42. The smallest absolute Gasteiger partial charge is 0.329 e. The topological polar surface area (TPSA) is 135 Å². The molecule has 1 aromatic heterocycles. The van der Waals surface area contributed by atoms with E-state index >= 15 is 0 Å². The molecule has 248 valence electrons. The number of amides is 2. The maximum absolute atomic E-state index is 13.7. The summed E-state index contributed by atoms with van der Waals surface area (Å²) in [7, 11) is 1.78. The van der Waals surface area contributed by atoms with Gasteiger partial charge in [0.25, 0.3) is 5.91 Å². The highest BCUT2D eigenvalue weighted by Crippen LogP contribution is 2.34. The second-order valence-corrected chi connectivity index (χ2v) is 12.7. The molecule has 10 nitrogen and oxygen atoms in total. The minimum Gasteiger partial charge on any atom is -0.480 e. The molecule has 2 amide bonds. The minimum atomic E-state index is -1.13. The molecule has 0 bridgehead atoms. The van der Waals surface area contributed by atoms with Gasteiger partial charge in [-0.1, -0.05) is 94.8 Å². The molecule has 2 aromatic carbocycles. The number of aromatic nitrogens is 1. The SMILES string of the molecule is CC[C@H](C)CC(=O)N(C)[C@H](C[C@@H](OC(C)=O)c1nc(C(=O)NC(c2ccccc2)[C@@H](OCC(=O)O)c2ccccc2)cs1)C(C)C. The first-order chi connectivity index (χ1) is 21.9. The zero-order valence-corrected chi connectivity index (χ0v) is 28.2. The summed E-state index contributed by atoms with van der Waals surface area (Å²) in [6.45, 7) is 8.89. The third kappa shape index (κ3) is 10.5. The van der Waals surface area contributed by atoms with Crippen LogP contribution in [0.2, 0.25) is 0 Å². The number of rotatable bonds is 17. The van der Waals surface area contributed by atoms with Crippen LogP contribution in [-0.2, 0) is 23.9 Å². The highest BCUT2D eigenvalue weighted by Gasteiger charge is 2.32. The Kier molecular flexibility index (Phi) is 13.9. The van der Waals surface area contributed by atoms with Crippen molar-refractivity contribution in [3.63, 3.8) is 0 Å². The number of carbonyl (C=O) groups excluding carboxylic acids is 3. The van der Waals surface area contributed by atoms with Gasteiger partial charge in [-0.15, -0.1) is 11.3 Å². The Balaban J connectivity index is 1.90. The first-order valence-electron chi connectivity index (χ1n) is 15.5. The van der Waals surface area contributed by atoms with E-state index in [0.29, 0.717) is 29.0 Å². The highest BCUT2D eigenvalue weighted by molar-refractivity contribution is 7.09.